The molecule has 0 aromatic heterocycles. The van der Waals surface area contributed by atoms with Gasteiger partial charge in [0.15, 0.2) is 0 Å². The number of halogens is 2. The molecule has 2 rings (SSSR count). The predicted molar refractivity (Wildman–Crippen MR) is 69.7 cm³/mol. The molecule has 0 spiro atoms. The lowest BCUT2D eigenvalue weighted by molar-refractivity contribution is 0.306. The summed E-state index contributed by atoms with van der Waals surface area (Å²) in [7, 11) is 0. The summed E-state index contributed by atoms with van der Waals surface area (Å²) in [6.45, 7) is 3.01. The third-order valence-corrected chi connectivity index (χ3v) is 3.75. The van der Waals surface area contributed by atoms with Crippen LogP contribution in [0.3, 0.4) is 0 Å². The summed E-state index contributed by atoms with van der Waals surface area (Å²) >= 11 is 5.82. The molecule has 0 bridgehead atoms. The van der Waals surface area contributed by atoms with Crippen molar-refractivity contribution in [2.24, 2.45) is 5.92 Å². The van der Waals surface area contributed by atoms with Crippen LogP contribution in [-0.2, 0) is 6.54 Å². The van der Waals surface area contributed by atoms with E-state index in [0.29, 0.717) is 17.6 Å². The van der Waals surface area contributed by atoms with Gasteiger partial charge in [-0.25, -0.2) is 4.39 Å². The standard InChI is InChI=1S/C14H19ClFN/c1-10-2-4-14(5-3-10)17-9-11-6-12(15)8-13(16)7-11/h6-8,10,14,17H,2-5,9H2,1H3. The van der Waals surface area contributed by atoms with Crippen LogP contribution in [0.4, 0.5) is 4.39 Å². The Balaban J connectivity index is 1.85. The van der Waals surface area contributed by atoms with Gasteiger partial charge in [0, 0.05) is 17.6 Å². The molecule has 1 saturated carbocycles. The van der Waals surface area contributed by atoms with Gasteiger partial charge in [0.25, 0.3) is 0 Å². The van der Waals surface area contributed by atoms with Crippen LogP contribution in [0.15, 0.2) is 18.2 Å². The van der Waals surface area contributed by atoms with Crippen molar-refractivity contribution in [3.05, 3.63) is 34.6 Å². The van der Waals surface area contributed by atoms with Gasteiger partial charge in [0.1, 0.15) is 5.82 Å². The Bertz CT molecular complexity index is 352. The van der Waals surface area contributed by atoms with Gasteiger partial charge in [0.2, 0.25) is 0 Å². The number of nitrogens with one attached hydrogen (secondary N) is 1. The molecule has 0 radical (unpaired) electrons. The van der Waals surface area contributed by atoms with E-state index in [4.69, 9.17) is 11.6 Å². The molecule has 94 valence electrons. The summed E-state index contributed by atoms with van der Waals surface area (Å²) < 4.78 is 13.1. The summed E-state index contributed by atoms with van der Waals surface area (Å²) in [5.41, 5.74) is 0.925. The van der Waals surface area contributed by atoms with E-state index in [2.05, 4.69) is 12.2 Å². The fraction of sp³-hybridized carbons (Fsp3) is 0.571. The van der Waals surface area contributed by atoms with Crippen molar-refractivity contribution in [1.82, 2.24) is 5.32 Å². The highest BCUT2D eigenvalue weighted by Crippen LogP contribution is 2.23. The Kier molecular flexibility index (Phi) is 4.41. The molecule has 0 amide bonds. The SMILES string of the molecule is CC1CCC(NCc2cc(F)cc(Cl)c2)CC1. The first-order valence-corrected chi connectivity index (χ1v) is 6.69. The fourth-order valence-electron chi connectivity index (χ4n) is 2.44. The lowest BCUT2D eigenvalue weighted by Gasteiger charge is -2.27. The lowest BCUT2D eigenvalue weighted by atomic mass is 9.87. The topological polar surface area (TPSA) is 12.0 Å². The largest absolute Gasteiger partial charge is 0.310 e. The molecule has 1 aromatic carbocycles. The molecule has 1 aromatic rings. The van der Waals surface area contributed by atoms with E-state index < -0.39 is 0 Å². The summed E-state index contributed by atoms with van der Waals surface area (Å²) in [5.74, 6) is 0.600. The molecule has 1 aliphatic rings. The molecule has 0 saturated heterocycles. The molecule has 17 heavy (non-hydrogen) atoms. The zero-order valence-corrected chi connectivity index (χ0v) is 10.9. The summed E-state index contributed by atoms with van der Waals surface area (Å²) in [4.78, 5) is 0. The summed E-state index contributed by atoms with van der Waals surface area (Å²) in [6.07, 6.45) is 5.04. The van der Waals surface area contributed by atoms with Crippen molar-refractivity contribution in [2.45, 2.75) is 45.2 Å². The van der Waals surface area contributed by atoms with E-state index in [1.807, 2.05) is 6.07 Å². The lowest BCUT2D eigenvalue weighted by Crippen LogP contribution is -2.32. The first-order chi connectivity index (χ1) is 8.13. The van der Waals surface area contributed by atoms with Gasteiger partial charge in [0.05, 0.1) is 0 Å². The Morgan fingerprint density at radius 2 is 1.94 bits per heavy atom. The van der Waals surface area contributed by atoms with E-state index in [0.717, 1.165) is 11.5 Å². The van der Waals surface area contributed by atoms with E-state index in [1.54, 1.807) is 6.07 Å². The summed E-state index contributed by atoms with van der Waals surface area (Å²) in [5, 5.41) is 3.96. The first-order valence-electron chi connectivity index (χ1n) is 6.32. The van der Waals surface area contributed by atoms with E-state index in [-0.39, 0.29) is 5.82 Å². The van der Waals surface area contributed by atoms with Crippen molar-refractivity contribution >= 4 is 11.6 Å². The van der Waals surface area contributed by atoms with Crippen LogP contribution < -0.4 is 5.32 Å². The molecule has 1 N–H and O–H groups in total. The molecule has 0 aliphatic heterocycles. The monoisotopic (exact) mass is 255 g/mol. The Labute approximate surface area is 107 Å². The molecule has 0 atom stereocenters. The van der Waals surface area contributed by atoms with Crippen LogP contribution in [-0.4, -0.2) is 6.04 Å². The van der Waals surface area contributed by atoms with Gasteiger partial charge in [-0.3, -0.25) is 0 Å². The predicted octanol–water partition coefficient (Wildman–Crippen LogP) is 4.15. The van der Waals surface area contributed by atoms with Crippen LogP contribution in [0.5, 0.6) is 0 Å². The number of rotatable bonds is 3. The zero-order valence-electron chi connectivity index (χ0n) is 10.2. The quantitative estimate of drug-likeness (QED) is 0.856. The maximum absolute atomic E-state index is 13.1. The highest BCUT2D eigenvalue weighted by molar-refractivity contribution is 6.30. The normalized spacial score (nSPS) is 24.9. The van der Waals surface area contributed by atoms with E-state index in [9.17, 15) is 4.39 Å². The van der Waals surface area contributed by atoms with E-state index in [1.165, 1.54) is 31.7 Å². The van der Waals surface area contributed by atoms with Crippen LogP contribution in [0, 0.1) is 11.7 Å². The van der Waals surface area contributed by atoms with Crippen LogP contribution in [0.2, 0.25) is 5.02 Å². The Morgan fingerprint density at radius 1 is 1.24 bits per heavy atom. The molecular formula is C14H19ClFN. The number of hydrogen-bond acceptors (Lipinski definition) is 1. The molecular weight excluding hydrogens is 237 g/mol. The maximum Gasteiger partial charge on any atom is 0.125 e. The fourth-order valence-corrected chi connectivity index (χ4v) is 2.68. The molecule has 1 aliphatic carbocycles. The maximum atomic E-state index is 13.1. The average Bonchev–Trinajstić information content (AvgIpc) is 2.27. The molecule has 0 unspecified atom stereocenters. The van der Waals surface area contributed by atoms with Crippen molar-refractivity contribution in [1.29, 1.82) is 0 Å². The van der Waals surface area contributed by atoms with Crippen molar-refractivity contribution in [3.63, 3.8) is 0 Å². The third kappa shape index (κ3) is 3.97. The molecule has 0 heterocycles. The highest BCUT2D eigenvalue weighted by atomic mass is 35.5. The number of hydrogen-bond donors (Lipinski definition) is 1. The van der Waals surface area contributed by atoms with Gasteiger partial charge >= 0.3 is 0 Å². The third-order valence-electron chi connectivity index (χ3n) is 3.53. The second kappa shape index (κ2) is 5.83. The van der Waals surface area contributed by atoms with Gasteiger partial charge in [-0.2, -0.15) is 0 Å². The first kappa shape index (κ1) is 12.8. The average molecular weight is 256 g/mol. The van der Waals surface area contributed by atoms with Gasteiger partial charge in [-0.15, -0.1) is 0 Å². The summed E-state index contributed by atoms with van der Waals surface area (Å²) in [6, 6.07) is 5.29. The minimum absolute atomic E-state index is 0.258. The van der Waals surface area contributed by atoms with Crippen LogP contribution >= 0.6 is 11.6 Å². The minimum Gasteiger partial charge on any atom is -0.310 e. The zero-order chi connectivity index (χ0) is 12.3. The second-order valence-corrected chi connectivity index (χ2v) is 5.55. The Hall–Kier alpha value is -0.600. The van der Waals surface area contributed by atoms with Gasteiger partial charge in [-0.05, 0) is 55.4 Å². The van der Waals surface area contributed by atoms with Crippen LogP contribution in [0.1, 0.15) is 38.2 Å². The molecule has 3 heteroatoms. The van der Waals surface area contributed by atoms with Crippen LogP contribution in [0.25, 0.3) is 0 Å². The Morgan fingerprint density at radius 3 is 2.59 bits per heavy atom. The van der Waals surface area contributed by atoms with Gasteiger partial charge in [-0.1, -0.05) is 18.5 Å². The van der Waals surface area contributed by atoms with Gasteiger partial charge < -0.3 is 5.32 Å². The number of benzene rings is 1. The van der Waals surface area contributed by atoms with Crippen molar-refractivity contribution in [2.75, 3.05) is 0 Å². The minimum atomic E-state index is -0.258. The van der Waals surface area contributed by atoms with Crippen molar-refractivity contribution in [3.8, 4) is 0 Å². The van der Waals surface area contributed by atoms with Crippen molar-refractivity contribution < 1.29 is 4.39 Å². The molecule has 1 fully saturated rings. The van der Waals surface area contributed by atoms with E-state index >= 15 is 0 Å². The highest BCUT2D eigenvalue weighted by Gasteiger charge is 2.17. The second-order valence-electron chi connectivity index (χ2n) is 5.12. The smallest absolute Gasteiger partial charge is 0.125 e. The molecule has 1 nitrogen and oxygen atoms in total.